The number of ether oxygens (including phenoxy) is 1. The number of pyridine rings is 1. The highest BCUT2D eigenvalue weighted by atomic mass is 19.1. The zero-order chi connectivity index (χ0) is 27.0. The van der Waals surface area contributed by atoms with Crippen LogP contribution in [0, 0.1) is 5.82 Å². The summed E-state index contributed by atoms with van der Waals surface area (Å²) in [6, 6.07) is 5.02. The molecular formula is C25H21FN6O6. The maximum atomic E-state index is 15.0. The van der Waals surface area contributed by atoms with Crippen molar-refractivity contribution in [3.8, 4) is 5.75 Å². The fourth-order valence-electron chi connectivity index (χ4n) is 5.11. The van der Waals surface area contributed by atoms with Gasteiger partial charge in [-0.15, -0.1) is 0 Å². The lowest BCUT2D eigenvalue weighted by Crippen LogP contribution is -2.51. The van der Waals surface area contributed by atoms with Crippen LogP contribution in [0.2, 0.25) is 0 Å². The van der Waals surface area contributed by atoms with E-state index < -0.39 is 40.8 Å². The van der Waals surface area contributed by atoms with Crippen molar-refractivity contribution in [3.05, 3.63) is 65.3 Å². The van der Waals surface area contributed by atoms with Crippen LogP contribution in [-0.2, 0) is 27.2 Å². The summed E-state index contributed by atoms with van der Waals surface area (Å²) in [5, 5.41) is 10.1. The van der Waals surface area contributed by atoms with Gasteiger partial charge in [-0.1, -0.05) is 12.6 Å². The van der Waals surface area contributed by atoms with Crippen molar-refractivity contribution in [2.45, 2.75) is 24.5 Å². The quantitative estimate of drug-likeness (QED) is 0.370. The van der Waals surface area contributed by atoms with Gasteiger partial charge < -0.3 is 24.7 Å². The van der Waals surface area contributed by atoms with Gasteiger partial charge in [0.25, 0.3) is 11.8 Å². The lowest BCUT2D eigenvalue weighted by atomic mass is 9.92. The van der Waals surface area contributed by atoms with Gasteiger partial charge in [0.1, 0.15) is 11.3 Å². The summed E-state index contributed by atoms with van der Waals surface area (Å²) in [4.78, 5) is 55.5. The number of benzene rings is 1. The smallest absolute Gasteiger partial charge is 0.322 e. The number of imide groups is 2. The van der Waals surface area contributed by atoms with Crippen molar-refractivity contribution in [1.82, 2.24) is 31.2 Å². The summed E-state index contributed by atoms with van der Waals surface area (Å²) in [6.07, 6.45) is 1.38. The fraction of sp³-hybridized carbons (Fsp3) is 0.240. The molecule has 0 aliphatic carbocycles. The maximum Gasteiger partial charge on any atom is 0.322 e. The maximum absolute atomic E-state index is 15.0. The standard InChI is InChI=1S/C25H21FN6O6/c1-11-17-12(4-5-15(37-3)18(17)26)9-32(11)10-25(21(34)29-23(36)31-25)16-7-13-6-14(8-27-19(13)38-16)24(2)20(33)28-22(35)30-24/h4-8H,1,9-10H2,2-3H3,(H2,28,30,33,35)(H2,29,31,34,36). The molecule has 0 radical (unpaired) electrons. The van der Waals surface area contributed by atoms with Crippen LogP contribution in [0.4, 0.5) is 14.0 Å². The minimum Gasteiger partial charge on any atom is -0.494 e. The van der Waals surface area contributed by atoms with Crippen LogP contribution in [0.1, 0.15) is 29.4 Å². The molecule has 1 aromatic carbocycles. The molecule has 0 saturated carbocycles. The van der Waals surface area contributed by atoms with Crippen LogP contribution in [0.25, 0.3) is 16.8 Å². The molecule has 13 heteroatoms. The molecule has 12 nitrogen and oxygen atoms in total. The number of fused-ring (bicyclic) bond motifs is 2. The van der Waals surface area contributed by atoms with Crippen molar-refractivity contribution >= 4 is 40.7 Å². The van der Waals surface area contributed by atoms with Crippen molar-refractivity contribution in [1.29, 1.82) is 0 Å². The van der Waals surface area contributed by atoms with E-state index in [4.69, 9.17) is 9.15 Å². The van der Waals surface area contributed by atoms with Crippen molar-refractivity contribution in [2.75, 3.05) is 13.7 Å². The number of furan rings is 1. The third kappa shape index (κ3) is 3.17. The Labute approximate surface area is 214 Å². The summed E-state index contributed by atoms with van der Waals surface area (Å²) >= 11 is 0. The number of hydrogen-bond donors (Lipinski definition) is 4. The number of carbonyl (C=O) groups is 4. The van der Waals surface area contributed by atoms with Gasteiger partial charge in [0.2, 0.25) is 5.71 Å². The number of nitrogens with zero attached hydrogens (tertiary/aromatic N) is 2. The third-order valence-corrected chi connectivity index (χ3v) is 7.23. The lowest BCUT2D eigenvalue weighted by molar-refractivity contribution is -0.125. The second-order valence-corrected chi connectivity index (χ2v) is 9.49. The Balaban J connectivity index is 1.39. The van der Waals surface area contributed by atoms with Crippen LogP contribution in [-0.4, -0.2) is 47.4 Å². The molecule has 6 rings (SSSR count). The van der Waals surface area contributed by atoms with E-state index in [1.54, 1.807) is 17.0 Å². The molecule has 2 aromatic heterocycles. The molecular weight excluding hydrogens is 499 g/mol. The molecule has 2 fully saturated rings. The van der Waals surface area contributed by atoms with E-state index in [2.05, 4.69) is 32.8 Å². The van der Waals surface area contributed by atoms with Gasteiger partial charge in [-0.05, 0) is 30.7 Å². The SMILES string of the molecule is C=C1c2c(ccc(OC)c2F)CN1CC1(c2cc3cc(C4(C)NC(=O)NC4=O)cnc3o2)NC(=O)NC1=O. The highest BCUT2D eigenvalue weighted by Gasteiger charge is 2.53. The van der Waals surface area contributed by atoms with E-state index >= 15 is 4.39 Å². The molecule has 4 N–H and O–H groups in total. The molecule has 38 heavy (non-hydrogen) atoms. The molecule has 3 aliphatic rings. The van der Waals surface area contributed by atoms with Gasteiger partial charge in [-0.2, -0.15) is 0 Å². The second-order valence-electron chi connectivity index (χ2n) is 9.49. The number of carbonyl (C=O) groups excluding carboxylic acids is 4. The second kappa shape index (κ2) is 7.78. The number of rotatable bonds is 5. The van der Waals surface area contributed by atoms with Crippen molar-refractivity contribution in [2.24, 2.45) is 0 Å². The summed E-state index contributed by atoms with van der Waals surface area (Å²) < 4.78 is 26.0. The molecule has 0 spiro atoms. The highest BCUT2D eigenvalue weighted by Crippen LogP contribution is 2.40. The largest absolute Gasteiger partial charge is 0.494 e. The topological polar surface area (TPSA) is 155 Å². The van der Waals surface area contributed by atoms with Crippen molar-refractivity contribution in [3.63, 3.8) is 0 Å². The van der Waals surface area contributed by atoms with Gasteiger partial charge in [0, 0.05) is 35.0 Å². The number of amides is 6. The van der Waals surface area contributed by atoms with E-state index in [-0.39, 0.29) is 35.9 Å². The summed E-state index contributed by atoms with van der Waals surface area (Å²) in [6.45, 7) is 5.66. The first kappa shape index (κ1) is 23.5. The molecule has 0 bridgehead atoms. The molecule has 3 aromatic rings. The Hall–Kier alpha value is -4.94. The molecule has 194 valence electrons. The van der Waals surface area contributed by atoms with Crippen LogP contribution < -0.4 is 26.0 Å². The Kier molecular flexibility index (Phi) is 4.80. The Morgan fingerprint density at radius 3 is 2.53 bits per heavy atom. The van der Waals surface area contributed by atoms with Crippen LogP contribution >= 0.6 is 0 Å². The first-order valence-corrected chi connectivity index (χ1v) is 11.5. The van der Waals surface area contributed by atoms with Crippen molar-refractivity contribution < 1.29 is 32.7 Å². The van der Waals surface area contributed by atoms with Crippen LogP contribution in [0.15, 0.2) is 41.5 Å². The molecule has 3 aliphatic heterocycles. The van der Waals surface area contributed by atoms with Gasteiger partial charge in [0.15, 0.2) is 17.1 Å². The number of nitrogens with one attached hydrogen (secondary N) is 4. The van der Waals surface area contributed by atoms with Gasteiger partial charge in [-0.25, -0.2) is 19.0 Å². The highest BCUT2D eigenvalue weighted by molar-refractivity contribution is 6.08. The average molecular weight is 520 g/mol. The monoisotopic (exact) mass is 520 g/mol. The number of aromatic nitrogens is 1. The van der Waals surface area contributed by atoms with E-state index in [1.807, 2.05) is 0 Å². The van der Waals surface area contributed by atoms with E-state index in [0.717, 1.165) is 0 Å². The summed E-state index contributed by atoms with van der Waals surface area (Å²) in [5.74, 6) is -1.63. The Morgan fingerprint density at radius 1 is 1.13 bits per heavy atom. The summed E-state index contributed by atoms with van der Waals surface area (Å²) in [7, 11) is 1.36. The van der Waals surface area contributed by atoms with E-state index in [1.165, 1.54) is 32.4 Å². The average Bonchev–Trinajstić information content (AvgIpc) is 3.58. The van der Waals surface area contributed by atoms with Crippen LogP contribution in [0.3, 0.4) is 0 Å². The number of methoxy groups -OCH3 is 1. The number of urea groups is 2. The molecule has 2 atom stereocenters. The van der Waals surface area contributed by atoms with Gasteiger partial charge in [-0.3, -0.25) is 20.2 Å². The molecule has 6 amide bonds. The number of hydrogen-bond acceptors (Lipinski definition) is 8. The Bertz CT molecular complexity index is 1620. The molecule has 2 saturated heterocycles. The minimum atomic E-state index is -1.69. The number of halogens is 1. The summed E-state index contributed by atoms with van der Waals surface area (Å²) in [5.41, 5.74) is -1.27. The zero-order valence-corrected chi connectivity index (χ0v) is 20.2. The first-order valence-electron chi connectivity index (χ1n) is 11.5. The predicted octanol–water partition coefficient (Wildman–Crippen LogP) is 1.55. The van der Waals surface area contributed by atoms with Gasteiger partial charge >= 0.3 is 12.1 Å². The predicted molar refractivity (Wildman–Crippen MR) is 129 cm³/mol. The molecule has 5 heterocycles. The zero-order valence-electron chi connectivity index (χ0n) is 20.2. The third-order valence-electron chi connectivity index (χ3n) is 7.23. The fourth-order valence-corrected chi connectivity index (χ4v) is 5.11. The normalized spacial score (nSPS) is 24.4. The van der Waals surface area contributed by atoms with E-state index in [9.17, 15) is 19.2 Å². The lowest BCUT2D eigenvalue weighted by Gasteiger charge is -2.30. The van der Waals surface area contributed by atoms with E-state index in [0.29, 0.717) is 22.2 Å². The Morgan fingerprint density at radius 2 is 1.87 bits per heavy atom. The molecule has 2 unspecified atom stereocenters. The van der Waals surface area contributed by atoms with Gasteiger partial charge in [0.05, 0.1) is 13.7 Å². The van der Waals surface area contributed by atoms with Crippen LogP contribution in [0.5, 0.6) is 5.75 Å². The first-order chi connectivity index (χ1) is 18.1. The minimum absolute atomic E-state index is 0.0633.